The van der Waals surface area contributed by atoms with Gasteiger partial charge in [0.15, 0.2) is 6.61 Å². The number of rotatable bonds is 5. The van der Waals surface area contributed by atoms with E-state index in [1.54, 1.807) is 0 Å². The highest BCUT2D eigenvalue weighted by atomic mass is 32.2. The van der Waals surface area contributed by atoms with Crippen molar-refractivity contribution < 1.29 is 9.53 Å². The largest absolute Gasteiger partial charge is 0.459 e. The van der Waals surface area contributed by atoms with Crippen molar-refractivity contribution in [3.63, 3.8) is 0 Å². The van der Waals surface area contributed by atoms with Gasteiger partial charge in [-0.25, -0.2) is 0 Å². The Morgan fingerprint density at radius 2 is 2.21 bits per heavy atom. The molecule has 0 spiro atoms. The van der Waals surface area contributed by atoms with Crippen molar-refractivity contribution in [3.8, 4) is 5.19 Å². The minimum atomic E-state index is 0.0211. The summed E-state index contributed by atoms with van der Waals surface area (Å²) in [5.74, 6) is 0.0211. The van der Waals surface area contributed by atoms with Crippen molar-refractivity contribution in [3.05, 3.63) is 0 Å². The molecule has 0 aliphatic heterocycles. The second-order valence-electron chi connectivity index (χ2n) is 4.63. The monoisotopic (exact) mass is 301 g/mol. The van der Waals surface area contributed by atoms with Gasteiger partial charge in [-0.15, -0.1) is 0 Å². The summed E-state index contributed by atoms with van der Waals surface area (Å²) in [6, 6.07) is 0.376. The van der Waals surface area contributed by atoms with E-state index in [2.05, 4.69) is 9.36 Å². The van der Waals surface area contributed by atoms with E-state index in [9.17, 15) is 4.79 Å². The second-order valence-corrected chi connectivity index (χ2v) is 6.12. The average Bonchev–Trinajstić information content (AvgIpc) is 2.93. The highest BCUT2D eigenvalue weighted by Crippen LogP contribution is 2.22. The van der Waals surface area contributed by atoms with Crippen LogP contribution in [0.4, 0.5) is 0 Å². The average molecular weight is 301 g/mol. The van der Waals surface area contributed by atoms with Gasteiger partial charge >= 0.3 is 0 Å². The minimum absolute atomic E-state index is 0.0211. The first-order valence-corrected chi connectivity index (χ1v) is 8.46. The van der Waals surface area contributed by atoms with Crippen LogP contribution in [0.3, 0.4) is 0 Å². The Bertz CT molecular complexity index is 419. The molecule has 0 unspecified atom stereocenters. The van der Waals surface area contributed by atoms with Crippen LogP contribution in [0.25, 0.3) is 0 Å². The second kappa shape index (κ2) is 7.09. The number of carbonyl (C=O) groups excluding carboxylic acids is 1. The molecule has 0 aromatic carbocycles. The zero-order chi connectivity index (χ0) is 13.7. The third-order valence-electron chi connectivity index (χ3n) is 3.41. The number of nitrogens with zero attached hydrogens (tertiary/aromatic N) is 3. The van der Waals surface area contributed by atoms with E-state index in [0.29, 0.717) is 16.4 Å². The van der Waals surface area contributed by atoms with Crippen molar-refractivity contribution in [1.29, 1.82) is 0 Å². The van der Waals surface area contributed by atoms with Crippen LogP contribution in [-0.2, 0) is 4.79 Å². The quantitative estimate of drug-likeness (QED) is 0.782. The van der Waals surface area contributed by atoms with Crippen LogP contribution in [0.5, 0.6) is 5.19 Å². The summed E-state index contributed by atoms with van der Waals surface area (Å²) in [6.45, 7) is 0.0516. The Balaban J connectivity index is 1.79. The van der Waals surface area contributed by atoms with Gasteiger partial charge in [-0.2, -0.15) is 9.36 Å². The van der Waals surface area contributed by atoms with Gasteiger partial charge in [0, 0.05) is 24.6 Å². The van der Waals surface area contributed by atoms with Crippen LogP contribution in [-0.4, -0.2) is 46.1 Å². The van der Waals surface area contributed by atoms with Crippen LogP contribution in [0, 0.1) is 0 Å². The van der Waals surface area contributed by atoms with Crippen LogP contribution in [0.1, 0.15) is 32.1 Å². The molecule has 0 radical (unpaired) electrons. The lowest BCUT2D eigenvalue weighted by atomic mass is 9.94. The summed E-state index contributed by atoms with van der Waals surface area (Å²) in [6.07, 6.45) is 7.85. The fourth-order valence-corrected chi connectivity index (χ4v) is 3.31. The molecule has 1 aliphatic rings. The molecule has 106 valence electrons. The Morgan fingerprint density at radius 3 is 2.84 bits per heavy atom. The van der Waals surface area contributed by atoms with Gasteiger partial charge in [0.2, 0.25) is 5.16 Å². The highest BCUT2D eigenvalue weighted by molar-refractivity contribution is 7.98. The SMILES string of the molecule is CSc1nsc(OCC(=O)N(C)C2CCCCC2)n1. The molecule has 0 saturated heterocycles. The summed E-state index contributed by atoms with van der Waals surface area (Å²) in [5, 5.41) is 1.16. The standard InChI is InChI=1S/C12H19N3O2S2/c1-15(9-6-4-3-5-7-9)10(16)8-17-12-13-11(18-2)14-19-12/h9H,3-8H2,1-2H3. The van der Waals surface area contributed by atoms with E-state index in [1.807, 2.05) is 18.2 Å². The molecule has 1 aromatic heterocycles. The van der Waals surface area contributed by atoms with Gasteiger partial charge in [-0.3, -0.25) is 4.79 Å². The maximum Gasteiger partial charge on any atom is 0.294 e. The molecule has 2 rings (SSSR count). The van der Waals surface area contributed by atoms with Crippen molar-refractivity contribution >= 4 is 29.2 Å². The Labute approximate surface area is 121 Å². The third kappa shape index (κ3) is 4.07. The fourth-order valence-electron chi connectivity index (χ4n) is 2.24. The Morgan fingerprint density at radius 1 is 1.47 bits per heavy atom. The van der Waals surface area contributed by atoms with Gasteiger partial charge in [0.05, 0.1) is 0 Å². The molecule has 0 atom stereocenters. The van der Waals surface area contributed by atoms with E-state index < -0.39 is 0 Å². The number of ether oxygens (including phenoxy) is 1. The lowest BCUT2D eigenvalue weighted by Gasteiger charge is -2.31. The summed E-state index contributed by atoms with van der Waals surface area (Å²) in [4.78, 5) is 18.0. The van der Waals surface area contributed by atoms with Crippen molar-refractivity contribution in [2.24, 2.45) is 0 Å². The molecule has 19 heavy (non-hydrogen) atoms. The minimum Gasteiger partial charge on any atom is -0.459 e. The number of likely N-dealkylation sites (N-methyl/N-ethyl adjacent to an activating group) is 1. The first-order valence-electron chi connectivity index (χ1n) is 6.47. The Hall–Kier alpha value is -0.820. The number of thioether (sulfide) groups is 1. The highest BCUT2D eigenvalue weighted by Gasteiger charge is 2.22. The predicted molar refractivity (Wildman–Crippen MR) is 76.8 cm³/mol. The molecule has 1 saturated carbocycles. The van der Waals surface area contributed by atoms with Gasteiger partial charge in [0.1, 0.15) is 0 Å². The zero-order valence-electron chi connectivity index (χ0n) is 11.3. The maximum atomic E-state index is 12.0. The molecule has 0 N–H and O–H groups in total. The number of hydrogen-bond donors (Lipinski definition) is 0. The zero-order valence-corrected chi connectivity index (χ0v) is 12.9. The van der Waals surface area contributed by atoms with Crippen molar-refractivity contribution in [1.82, 2.24) is 14.3 Å². The molecule has 1 amide bonds. The van der Waals surface area contributed by atoms with Gasteiger partial charge < -0.3 is 9.64 Å². The number of carbonyl (C=O) groups is 1. The molecular formula is C12H19N3O2S2. The first kappa shape index (κ1) is 14.6. The topological polar surface area (TPSA) is 55.3 Å². The van der Waals surface area contributed by atoms with E-state index in [1.165, 1.54) is 42.6 Å². The lowest BCUT2D eigenvalue weighted by Crippen LogP contribution is -2.40. The number of aromatic nitrogens is 2. The normalized spacial score (nSPS) is 16.3. The van der Waals surface area contributed by atoms with E-state index >= 15 is 0 Å². The van der Waals surface area contributed by atoms with E-state index in [-0.39, 0.29) is 12.5 Å². The van der Waals surface area contributed by atoms with Crippen molar-refractivity contribution in [2.75, 3.05) is 19.9 Å². The maximum absolute atomic E-state index is 12.0. The van der Waals surface area contributed by atoms with Crippen LogP contribution in [0.2, 0.25) is 0 Å². The van der Waals surface area contributed by atoms with Crippen molar-refractivity contribution in [2.45, 2.75) is 43.3 Å². The smallest absolute Gasteiger partial charge is 0.294 e. The molecule has 5 nitrogen and oxygen atoms in total. The van der Waals surface area contributed by atoms with Crippen LogP contribution >= 0.6 is 23.3 Å². The summed E-state index contributed by atoms with van der Waals surface area (Å²) in [5.41, 5.74) is 0. The molecule has 1 heterocycles. The van der Waals surface area contributed by atoms with E-state index in [0.717, 1.165) is 12.8 Å². The predicted octanol–water partition coefficient (Wildman–Crippen LogP) is 2.43. The van der Waals surface area contributed by atoms with Crippen LogP contribution in [0.15, 0.2) is 5.16 Å². The summed E-state index contributed by atoms with van der Waals surface area (Å²) >= 11 is 2.65. The van der Waals surface area contributed by atoms with Gasteiger partial charge in [-0.05, 0) is 19.1 Å². The lowest BCUT2D eigenvalue weighted by molar-refractivity contribution is -0.134. The third-order valence-corrected chi connectivity index (χ3v) is 4.70. The molecule has 0 bridgehead atoms. The summed E-state index contributed by atoms with van der Waals surface area (Å²) in [7, 11) is 1.87. The van der Waals surface area contributed by atoms with Crippen LogP contribution < -0.4 is 4.74 Å². The summed E-state index contributed by atoms with van der Waals surface area (Å²) < 4.78 is 9.49. The molecule has 1 aliphatic carbocycles. The van der Waals surface area contributed by atoms with Gasteiger partial charge in [0.25, 0.3) is 11.1 Å². The number of amides is 1. The van der Waals surface area contributed by atoms with E-state index in [4.69, 9.17) is 4.74 Å². The Kier molecular flexibility index (Phi) is 5.45. The molecule has 7 heteroatoms. The fraction of sp³-hybridized carbons (Fsp3) is 0.750. The molecule has 1 fully saturated rings. The first-order chi connectivity index (χ1) is 9.20. The number of hydrogen-bond acceptors (Lipinski definition) is 6. The molecular weight excluding hydrogens is 282 g/mol. The van der Waals surface area contributed by atoms with Gasteiger partial charge in [-0.1, -0.05) is 31.0 Å². The molecule has 1 aromatic rings.